The van der Waals surface area contributed by atoms with Gasteiger partial charge < -0.3 is 20.1 Å². The maximum atomic E-state index is 12.4. The van der Waals surface area contributed by atoms with Crippen molar-refractivity contribution >= 4 is 17.5 Å². The van der Waals surface area contributed by atoms with E-state index in [9.17, 15) is 9.59 Å². The van der Waals surface area contributed by atoms with Crippen LogP contribution in [0, 0.1) is 0 Å². The van der Waals surface area contributed by atoms with Gasteiger partial charge >= 0.3 is 0 Å². The van der Waals surface area contributed by atoms with Gasteiger partial charge in [-0.2, -0.15) is 0 Å². The molecule has 6 heteroatoms. The number of carbonyl (C=O) groups is 2. The minimum absolute atomic E-state index is 0.136. The lowest BCUT2D eigenvalue weighted by Gasteiger charge is -2.19. The number of benzene rings is 3. The first-order valence-corrected chi connectivity index (χ1v) is 9.32. The Hall–Kier alpha value is -3.80. The Kier molecular flexibility index (Phi) is 5.42. The van der Waals surface area contributed by atoms with Crippen LogP contribution < -0.4 is 20.1 Å². The topological polar surface area (TPSA) is 76.7 Å². The highest BCUT2D eigenvalue weighted by Crippen LogP contribution is 2.32. The van der Waals surface area contributed by atoms with Crippen LogP contribution >= 0.6 is 0 Å². The van der Waals surface area contributed by atoms with Gasteiger partial charge in [0.25, 0.3) is 5.91 Å². The van der Waals surface area contributed by atoms with Gasteiger partial charge in [-0.15, -0.1) is 0 Å². The second-order valence-corrected chi connectivity index (χ2v) is 6.54. The first-order valence-electron chi connectivity index (χ1n) is 9.32. The first-order chi connectivity index (χ1) is 14.2. The lowest BCUT2D eigenvalue weighted by Crippen LogP contribution is -2.32. The number of hydrogen-bond donors (Lipinski definition) is 2. The van der Waals surface area contributed by atoms with Gasteiger partial charge in [0.15, 0.2) is 11.5 Å². The standard InChI is InChI=1S/C23H20N2O4/c26-22(25-19-9-10-20-21(14-19)29-12-11-28-20)15-24-23(27)18-8-4-7-17(13-18)16-5-2-1-3-6-16/h1-10,13-14H,11-12,15H2,(H,24,27)(H,25,26). The molecule has 0 saturated heterocycles. The van der Waals surface area contributed by atoms with Gasteiger partial charge in [0.1, 0.15) is 13.2 Å². The van der Waals surface area contributed by atoms with Crippen molar-refractivity contribution in [1.82, 2.24) is 5.32 Å². The summed E-state index contributed by atoms with van der Waals surface area (Å²) >= 11 is 0. The highest BCUT2D eigenvalue weighted by Gasteiger charge is 2.14. The minimum atomic E-state index is -0.325. The minimum Gasteiger partial charge on any atom is -0.486 e. The zero-order chi connectivity index (χ0) is 20.1. The number of hydrogen-bond acceptors (Lipinski definition) is 4. The summed E-state index contributed by atoms with van der Waals surface area (Å²) in [7, 11) is 0. The molecule has 4 rings (SSSR count). The van der Waals surface area contributed by atoms with Crippen LogP contribution in [0.2, 0.25) is 0 Å². The number of amides is 2. The second-order valence-electron chi connectivity index (χ2n) is 6.54. The van der Waals surface area contributed by atoms with E-state index >= 15 is 0 Å². The van der Waals surface area contributed by atoms with Crippen LogP contribution in [0.1, 0.15) is 10.4 Å². The van der Waals surface area contributed by atoms with Crippen molar-refractivity contribution in [2.45, 2.75) is 0 Å². The van der Waals surface area contributed by atoms with E-state index in [4.69, 9.17) is 9.47 Å². The molecule has 1 heterocycles. The third-order valence-corrected chi connectivity index (χ3v) is 4.47. The molecule has 0 bridgehead atoms. The summed E-state index contributed by atoms with van der Waals surface area (Å²) in [5.74, 6) is 0.617. The van der Waals surface area contributed by atoms with Gasteiger partial charge in [-0.25, -0.2) is 0 Å². The van der Waals surface area contributed by atoms with E-state index < -0.39 is 0 Å². The Bertz CT molecular complexity index is 1030. The Balaban J connectivity index is 1.35. The van der Waals surface area contributed by atoms with E-state index in [1.165, 1.54) is 0 Å². The SMILES string of the molecule is O=C(CNC(=O)c1cccc(-c2ccccc2)c1)Nc1ccc2c(c1)OCCO2. The van der Waals surface area contributed by atoms with E-state index in [1.54, 1.807) is 24.3 Å². The highest BCUT2D eigenvalue weighted by atomic mass is 16.6. The molecule has 2 amide bonds. The summed E-state index contributed by atoms with van der Waals surface area (Å²) in [6.07, 6.45) is 0. The molecule has 2 N–H and O–H groups in total. The third-order valence-electron chi connectivity index (χ3n) is 4.47. The summed E-state index contributed by atoms with van der Waals surface area (Å²) in [5.41, 5.74) is 3.05. The van der Waals surface area contributed by atoms with Crippen molar-refractivity contribution < 1.29 is 19.1 Å². The number of ether oxygens (including phenoxy) is 2. The van der Waals surface area contributed by atoms with Gasteiger partial charge in [-0.1, -0.05) is 42.5 Å². The molecule has 0 fully saturated rings. The molecule has 1 aliphatic heterocycles. The first kappa shape index (κ1) is 18.6. The molecule has 0 aliphatic carbocycles. The number of nitrogens with one attached hydrogen (secondary N) is 2. The largest absolute Gasteiger partial charge is 0.486 e. The smallest absolute Gasteiger partial charge is 0.251 e. The van der Waals surface area contributed by atoms with Crippen molar-refractivity contribution in [3.63, 3.8) is 0 Å². The summed E-state index contributed by atoms with van der Waals surface area (Å²) in [4.78, 5) is 24.7. The zero-order valence-electron chi connectivity index (χ0n) is 15.7. The molecule has 1 aliphatic rings. The number of anilines is 1. The molecule has 0 aromatic heterocycles. The van der Waals surface area contributed by atoms with Gasteiger partial charge in [-0.3, -0.25) is 9.59 Å². The Morgan fingerprint density at radius 3 is 2.38 bits per heavy atom. The van der Waals surface area contributed by atoms with Crippen LogP contribution in [-0.4, -0.2) is 31.6 Å². The fourth-order valence-corrected chi connectivity index (χ4v) is 3.06. The molecule has 3 aromatic carbocycles. The third kappa shape index (κ3) is 4.55. The van der Waals surface area contributed by atoms with Crippen molar-refractivity contribution in [1.29, 1.82) is 0 Å². The Morgan fingerprint density at radius 1 is 0.793 bits per heavy atom. The predicted octanol–water partition coefficient (Wildman–Crippen LogP) is 3.49. The molecule has 0 spiro atoms. The van der Waals surface area contributed by atoms with Gasteiger partial charge in [0.05, 0.1) is 6.54 Å². The molecule has 0 radical (unpaired) electrons. The molecule has 0 atom stereocenters. The van der Waals surface area contributed by atoms with E-state index in [-0.39, 0.29) is 18.4 Å². The summed E-state index contributed by atoms with van der Waals surface area (Å²) < 4.78 is 11.0. The number of fused-ring (bicyclic) bond motifs is 1. The Morgan fingerprint density at radius 2 is 1.55 bits per heavy atom. The van der Waals surface area contributed by atoms with E-state index in [2.05, 4.69) is 10.6 Å². The van der Waals surface area contributed by atoms with Crippen molar-refractivity contribution in [2.75, 3.05) is 25.1 Å². The highest BCUT2D eigenvalue weighted by molar-refractivity contribution is 6.00. The molecular formula is C23H20N2O4. The average molecular weight is 388 g/mol. The maximum Gasteiger partial charge on any atom is 0.251 e. The second kappa shape index (κ2) is 8.48. The molecule has 6 nitrogen and oxygen atoms in total. The Labute approximate surface area is 168 Å². The van der Waals surface area contributed by atoms with Gasteiger partial charge in [-0.05, 0) is 35.4 Å². The van der Waals surface area contributed by atoms with Crippen LogP contribution in [0.5, 0.6) is 11.5 Å². The van der Waals surface area contributed by atoms with E-state index in [0.717, 1.165) is 11.1 Å². The fraction of sp³-hybridized carbons (Fsp3) is 0.130. The summed E-state index contributed by atoms with van der Waals surface area (Å²) in [5, 5.41) is 5.40. The molecule has 3 aromatic rings. The summed E-state index contributed by atoms with van der Waals surface area (Å²) in [6, 6.07) is 22.3. The lowest BCUT2D eigenvalue weighted by molar-refractivity contribution is -0.115. The zero-order valence-corrected chi connectivity index (χ0v) is 15.7. The van der Waals surface area contributed by atoms with E-state index in [1.807, 2.05) is 48.5 Å². The quantitative estimate of drug-likeness (QED) is 0.702. The van der Waals surface area contributed by atoms with Crippen molar-refractivity contribution in [3.05, 3.63) is 78.4 Å². The molecule has 29 heavy (non-hydrogen) atoms. The summed E-state index contributed by atoms with van der Waals surface area (Å²) in [6.45, 7) is 0.849. The van der Waals surface area contributed by atoms with Crippen molar-refractivity contribution in [2.24, 2.45) is 0 Å². The van der Waals surface area contributed by atoms with Crippen LogP contribution in [-0.2, 0) is 4.79 Å². The lowest BCUT2D eigenvalue weighted by atomic mass is 10.0. The predicted molar refractivity (Wildman–Crippen MR) is 110 cm³/mol. The maximum absolute atomic E-state index is 12.4. The van der Waals surface area contributed by atoms with Crippen LogP contribution in [0.15, 0.2) is 72.8 Å². The van der Waals surface area contributed by atoms with Gasteiger partial charge in [0, 0.05) is 17.3 Å². The number of rotatable bonds is 5. The fourth-order valence-electron chi connectivity index (χ4n) is 3.06. The van der Waals surface area contributed by atoms with E-state index in [0.29, 0.717) is 36.0 Å². The van der Waals surface area contributed by atoms with Crippen LogP contribution in [0.25, 0.3) is 11.1 Å². The van der Waals surface area contributed by atoms with Crippen molar-refractivity contribution in [3.8, 4) is 22.6 Å². The molecular weight excluding hydrogens is 368 g/mol. The van der Waals surface area contributed by atoms with Gasteiger partial charge in [0.2, 0.25) is 5.91 Å². The number of carbonyl (C=O) groups excluding carboxylic acids is 2. The normalized spacial score (nSPS) is 12.1. The molecule has 0 saturated carbocycles. The van der Waals surface area contributed by atoms with Crippen LogP contribution in [0.4, 0.5) is 5.69 Å². The molecule has 0 unspecified atom stereocenters. The van der Waals surface area contributed by atoms with Crippen LogP contribution in [0.3, 0.4) is 0 Å². The molecule has 146 valence electrons. The average Bonchev–Trinajstić information content (AvgIpc) is 2.78. The monoisotopic (exact) mass is 388 g/mol.